The Morgan fingerprint density at radius 1 is 1.21 bits per heavy atom. The van der Waals surface area contributed by atoms with Crippen molar-refractivity contribution >= 4 is 18.4 Å². The van der Waals surface area contributed by atoms with Gasteiger partial charge in [-0.2, -0.15) is 14.9 Å². The summed E-state index contributed by atoms with van der Waals surface area (Å²) in [6.45, 7) is 4.10. The number of aromatic nitrogens is 3. The molecule has 24 heavy (non-hydrogen) atoms. The Kier molecular flexibility index (Phi) is 4.66. The van der Waals surface area contributed by atoms with Crippen molar-refractivity contribution in [2.45, 2.75) is 20.3 Å². The summed E-state index contributed by atoms with van der Waals surface area (Å²) < 4.78 is 15.0. The van der Waals surface area contributed by atoms with Crippen LogP contribution >= 0.6 is 12.2 Å². The van der Waals surface area contributed by atoms with Crippen LogP contribution in [0.3, 0.4) is 0 Å². The summed E-state index contributed by atoms with van der Waals surface area (Å²) in [5, 5.41) is 11.4. The quantitative estimate of drug-likeness (QED) is 0.572. The average molecular weight is 340 g/mol. The van der Waals surface area contributed by atoms with Gasteiger partial charge >= 0.3 is 0 Å². The molecular weight excluding hydrogens is 323 g/mol. The Morgan fingerprint density at radius 2 is 1.96 bits per heavy atom. The summed E-state index contributed by atoms with van der Waals surface area (Å²) in [6, 6.07) is 12.5. The molecule has 1 N–H and O–H groups in total. The topological polar surface area (TPSA) is 46.0 Å². The lowest BCUT2D eigenvalue weighted by molar-refractivity contribution is 0.627. The third kappa shape index (κ3) is 3.65. The summed E-state index contributed by atoms with van der Waals surface area (Å²) in [7, 11) is 0. The fourth-order valence-corrected chi connectivity index (χ4v) is 2.63. The predicted molar refractivity (Wildman–Crippen MR) is 95.5 cm³/mol. The van der Waals surface area contributed by atoms with Crippen molar-refractivity contribution in [3.8, 4) is 0 Å². The molecule has 0 radical (unpaired) electrons. The Balaban J connectivity index is 1.88. The number of halogens is 1. The number of hydrogen-bond acceptors (Lipinski definition) is 3. The normalized spacial score (nSPS) is 11.3. The van der Waals surface area contributed by atoms with E-state index in [1.165, 1.54) is 17.7 Å². The first-order valence-corrected chi connectivity index (χ1v) is 7.96. The number of nitrogens with zero attached hydrogens (tertiary/aromatic N) is 3. The van der Waals surface area contributed by atoms with E-state index in [0.29, 0.717) is 17.0 Å². The van der Waals surface area contributed by atoms with Crippen molar-refractivity contribution in [3.05, 3.63) is 81.1 Å². The molecule has 2 aromatic carbocycles. The third-order valence-electron chi connectivity index (χ3n) is 3.73. The molecular formula is C18H17FN4S. The van der Waals surface area contributed by atoms with Crippen LogP contribution in [0.25, 0.3) is 0 Å². The molecule has 0 bridgehead atoms. The van der Waals surface area contributed by atoms with Gasteiger partial charge in [-0.1, -0.05) is 35.9 Å². The largest absolute Gasteiger partial charge is 0.250 e. The van der Waals surface area contributed by atoms with Gasteiger partial charge in [-0.3, -0.25) is 5.10 Å². The molecule has 0 saturated heterocycles. The Morgan fingerprint density at radius 3 is 2.67 bits per heavy atom. The highest BCUT2D eigenvalue weighted by atomic mass is 32.1. The first-order chi connectivity index (χ1) is 11.5. The van der Waals surface area contributed by atoms with Gasteiger partial charge in [-0.15, -0.1) is 0 Å². The molecule has 6 heteroatoms. The molecule has 122 valence electrons. The SMILES string of the molecule is Cc1ccc(/C=N\n2c(Cc3ccc(F)cc3)n[nH]c2=S)c(C)c1. The molecule has 3 rings (SSSR count). The van der Waals surface area contributed by atoms with Gasteiger partial charge in [0.05, 0.1) is 6.21 Å². The number of H-pyrrole nitrogens is 1. The monoisotopic (exact) mass is 340 g/mol. The molecule has 1 aromatic heterocycles. The Hall–Kier alpha value is -2.60. The predicted octanol–water partition coefficient (Wildman–Crippen LogP) is 4.17. The first-order valence-electron chi connectivity index (χ1n) is 7.55. The molecule has 3 aromatic rings. The molecule has 0 atom stereocenters. The zero-order valence-corrected chi connectivity index (χ0v) is 14.3. The molecule has 0 aliphatic carbocycles. The van der Waals surface area contributed by atoms with Gasteiger partial charge < -0.3 is 0 Å². The van der Waals surface area contributed by atoms with Gasteiger partial charge in [0.2, 0.25) is 4.77 Å². The molecule has 0 spiro atoms. The molecule has 1 heterocycles. The molecule has 0 aliphatic rings. The minimum Gasteiger partial charge on any atom is -0.250 e. The fourth-order valence-electron chi connectivity index (χ4n) is 2.43. The lowest BCUT2D eigenvalue weighted by Gasteiger charge is -2.03. The average Bonchev–Trinajstić information content (AvgIpc) is 2.89. The lowest BCUT2D eigenvalue weighted by Crippen LogP contribution is -2.01. The minimum atomic E-state index is -0.259. The minimum absolute atomic E-state index is 0.259. The summed E-state index contributed by atoms with van der Waals surface area (Å²) in [6.07, 6.45) is 2.28. The zero-order valence-electron chi connectivity index (χ0n) is 13.5. The van der Waals surface area contributed by atoms with E-state index >= 15 is 0 Å². The van der Waals surface area contributed by atoms with Crippen LogP contribution in [-0.2, 0) is 6.42 Å². The highest BCUT2D eigenvalue weighted by Gasteiger charge is 2.07. The molecule has 4 nitrogen and oxygen atoms in total. The van der Waals surface area contributed by atoms with Crippen LogP contribution in [0, 0.1) is 24.4 Å². The fraction of sp³-hybridized carbons (Fsp3) is 0.167. The van der Waals surface area contributed by atoms with Gasteiger partial charge in [-0.25, -0.2) is 4.39 Å². The second kappa shape index (κ2) is 6.88. The zero-order chi connectivity index (χ0) is 17.1. The van der Waals surface area contributed by atoms with E-state index < -0.39 is 0 Å². The van der Waals surface area contributed by atoms with Crippen molar-refractivity contribution in [1.29, 1.82) is 0 Å². The number of aryl methyl sites for hydroxylation is 2. The van der Waals surface area contributed by atoms with E-state index in [1.807, 2.05) is 19.1 Å². The summed E-state index contributed by atoms with van der Waals surface area (Å²) >= 11 is 5.25. The standard InChI is InChI=1S/C18H17FN4S/c1-12-3-6-15(13(2)9-12)11-20-23-17(21-22-18(23)24)10-14-4-7-16(19)8-5-14/h3-9,11H,10H2,1-2H3,(H,22,24)/b20-11-. The van der Waals surface area contributed by atoms with Gasteiger partial charge in [0, 0.05) is 6.42 Å². The van der Waals surface area contributed by atoms with Crippen molar-refractivity contribution in [2.75, 3.05) is 0 Å². The summed E-state index contributed by atoms with van der Waals surface area (Å²) in [4.78, 5) is 0. The molecule has 0 amide bonds. The smallest absolute Gasteiger partial charge is 0.216 e. The van der Waals surface area contributed by atoms with E-state index in [2.05, 4.69) is 28.3 Å². The maximum atomic E-state index is 13.0. The van der Waals surface area contributed by atoms with Gasteiger partial charge in [0.25, 0.3) is 0 Å². The Bertz CT molecular complexity index is 938. The number of benzene rings is 2. The number of hydrogen-bond donors (Lipinski definition) is 1. The van der Waals surface area contributed by atoms with Crippen molar-refractivity contribution in [3.63, 3.8) is 0 Å². The third-order valence-corrected chi connectivity index (χ3v) is 3.99. The van der Waals surface area contributed by atoms with E-state index in [-0.39, 0.29) is 5.82 Å². The summed E-state index contributed by atoms with van der Waals surface area (Å²) in [5.74, 6) is 0.415. The van der Waals surface area contributed by atoms with Crippen LogP contribution in [0.5, 0.6) is 0 Å². The molecule has 0 saturated carbocycles. The van der Waals surface area contributed by atoms with Crippen LogP contribution in [0.2, 0.25) is 0 Å². The maximum absolute atomic E-state index is 13.0. The number of nitrogens with one attached hydrogen (secondary N) is 1. The highest BCUT2D eigenvalue weighted by molar-refractivity contribution is 7.71. The van der Waals surface area contributed by atoms with E-state index in [4.69, 9.17) is 12.2 Å². The number of rotatable bonds is 4. The van der Waals surface area contributed by atoms with E-state index in [9.17, 15) is 4.39 Å². The van der Waals surface area contributed by atoms with Crippen molar-refractivity contribution in [1.82, 2.24) is 14.9 Å². The van der Waals surface area contributed by atoms with Gasteiger partial charge in [0.15, 0.2) is 5.82 Å². The number of aromatic amines is 1. The van der Waals surface area contributed by atoms with Crippen molar-refractivity contribution < 1.29 is 4.39 Å². The lowest BCUT2D eigenvalue weighted by atomic mass is 10.1. The van der Waals surface area contributed by atoms with Crippen LogP contribution in [-0.4, -0.2) is 21.1 Å². The second-order valence-corrected chi connectivity index (χ2v) is 6.05. The van der Waals surface area contributed by atoms with Crippen molar-refractivity contribution in [2.24, 2.45) is 5.10 Å². The Labute approximate surface area is 144 Å². The summed E-state index contributed by atoms with van der Waals surface area (Å²) in [5.41, 5.74) is 4.32. The molecule has 0 aliphatic heterocycles. The van der Waals surface area contributed by atoms with Crippen LogP contribution in [0.15, 0.2) is 47.6 Å². The van der Waals surface area contributed by atoms with Gasteiger partial charge in [0.1, 0.15) is 5.82 Å². The highest BCUT2D eigenvalue weighted by Crippen LogP contribution is 2.11. The second-order valence-electron chi connectivity index (χ2n) is 5.66. The van der Waals surface area contributed by atoms with E-state index in [1.54, 1.807) is 23.0 Å². The van der Waals surface area contributed by atoms with Gasteiger partial charge in [-0.05, 0) is 54.9 Å². The van der Waals surface area contributed by atoms with E-state index in [0.717, 1.165) is 16.7 Å². The van der Waals surface area contributed by atoms with Crippen LogP contribution in [0.1, 0.15) is 28.1 Å². The molecule has 0 fully saturated rings. The maximum Gasteiger partial charge on any atom is 0.216 e. The molecule has 0 unspecified atom stereocenters. The van der Waals surface area contributed by atoms with Crippen LogP contribution in [0.4, 0.5) is 4.39 Å². The van der Waals surface area contributed by atoms with Crippen LogP contribution < -0.4 is 0 Å². The first kappa shape index (κ1) is 16.3.